The van der Waals surface area contributed by atoms with Crippen LogP contribution in [0.2, 0.25) is 0 Å². The fourth-order valence-corrected chi connectivity index (χ4v) is 10.3. The average Bonchev–Trinajstić information content (AvgIpc) is 3.22. The van der Waals surface area contributed by atoms with Crippen molar-refractivity contribution in [3.63, 3.8) is 0 Å². The van der Waals surface area contributed by atoms with E-state index in [-0.39, 0.29) is 12.8 Å². The van der Waals surface area contributed by atoms with Crippen LogP contribution in [0, 0.1) is 0 Å². The highest BCUT2D eigenvalue weighted by Gasteiger charge is 2.59. The van der Waals surface area contributed by atoms with E-state index in [4.69, 9.17) is 18.5 Å². The Bertz CT molecular complexity index is 1520. The van der Waals surface area contributed by atoms with E-state index in [1.165, 1.54) is 89.9 Å². The highest BCUT2D eigenvalue weighted by molar-refractivity contribution is 7.47. The zero-order valence-electron chi connectivity index (χ0n) is 39.4. The number of hydrogen-bond acceptors (Lipinski definition) is 15. The third-order valence-electron chi connectivity index (χ3n) is 11.1. The number of phosphoric ester groups is 4. The second-order valence-corrected chi connectivity index (χ2v) is 22.3. The molecule has 1 unspecified atom stereocenters. The van der Waals surface area contributed by atoms with E-state index < -0.39 is 99.2 Å². The molecule has 0 spiro atoms. The zero-order valence-corrected chi connectivity index (χ0v) is 43.0. The molecule has 1 aliphatic carbocycles. The molecular weight excluding hydrogens is 968 g/mol. The Labute approximate surface area is 396 Å². The van der Waals surface area contributed by atoms with Crippen molar-refractivity contribution in [2.75, 3.05) is 13.2 Å². The van der Waals surface area contributed by atoms with E-state index in [1.807, 2.05) is 0 Å². The van der Waals surface area contributed by atoms with Crippen molar-refractivity contribution in [1.29, 1.82) is 0 Å². The summed E-state index contributed by atoms with van der Waals surface area (Å²) in [7, 11) is -23.0. The number of unbranched alkanes of at least 4 members (excludes halogenated alkanes) is 24. The lowest BCUT2D eigenvalue weighted by molar-refractivity contribution is -0.209. The molecule has 1 rings (SSSR count). The summed E-state index contributed by atoms with van der Waals surface area (Å²) in [6, 6.07) is 0. The van der Waals surface area contributed by atoms with Gasteiger partial charge >= 0.3 is 43.2 Å². The second-order valence-electron chi connectivity index (χ2n) is 17.3. The van der Waals surface area contributed by atoms with Gasteiger partial charge in [-0.2, -0.15) is 0 Å². The highest BCUT2D eigenvalue weighted by Crippen LogP contribution is 2.54. The van der Waals surface area contributed by atoms with E-state index in [2.05, 4.69) is 27.4 Å². The van der Waals surface area contributed by atoms with Gasteiger partial charge < -0.3 is 53.9 Å². The summed E-state index contributed by atoms with van der Waals surface area (Å²) in [5, 5.41) is 21.6. The van der Waals surface area contributed by atoms with Crippen LogP contribution < -0.4 is 0 Å². The molecule has 22 nitrogen and oxygen atoms in total. The molecule has 8 atom stereocenters. The third kappa shape index (κ3) is 33.6. The summed E-state index contributed by atoms with van der Waals surface area (Å²) in [6.45, 7) is 2.69. The van der Waals surface area contributed by atoms with Gasteiger partial charge in [-0.15, -0.1) is 0 Å². The number of aliphatic hydroxyl groups excluding tert-OH is 2. The average molecular weight is 1050 g/mol. The SMILES string of the molecule is CCCCCCCCCCCCCCCC(=O)OC[C@@H](COP(=O)(O)O[C@@H]1[C@H](O)[C@H](OP(=O)(O)O)[C@@H](O)[C@H](OP(=O)(O)O)[C@H]1OP(=O)(O)O)OC(=O)CCCCCCCCCCCCCCC. The van der Waals surface area contributed by atoms with Crippen molar-refractivity contribution < 1.29 is 104 Å². The first-order valence-corrected chi connectivity index (χ1v) is 30.2. The molecule has 0 bridgehead atoms. The van der Waals surface area contributed by atoms with Gasteiger partial charge in [0.1, 0.15) is 43.2 Å². The molecule has 0 amide bonds. The maximum atomic E-state index is 13.3. The molecule has 1 aliphatic rings. The molecule has 0 aromatic rings. The standard InChI is InChI=1S/C41H82O22P4/c1-3-5-7-9-11-13-15-17-19-21-23-25-27-29-34(42)57-31-33(59-35(43)30-28-26-24-22-20-18-16-14-12-10-8-6-4-2)32-58-67(55,56)63-40-37(45)38(60-64(46,47)48)36(44)39(61-65(49,50)51)41(40)62-66(52,53)54/h33,36-41,44-45H,3-32H2,1-2H3,(H,55,56)(H2,46,47,48)(H2,49,50,51)(H2,52,53,54)/t33-,36+,37+,38+,39-,40+,41+/m0/s1. The molecule has 0 heterocycles. The Morgan fingerprint density at radius 3 is 1.10 bits per heavy atom. The number of carbonyl (C=O) groups excluding carboxylic acids is 2. The maximum absolute atomic E-state index is 13.3. The van der Waals surface area contributed by atoms with Crippen LogP contribution in [0.5, 0.6) is 0 Å². The Kier molecular flexibility index (Phi) is 34.0. The number of hydrogen-bond donors (Lipinski definition) is 9. The predicted octanol–water partition coefficient (Wildman–Crippen LogP) is 8.08. The summed E-state index contributed by atoms with van der Waals surface area (Å²) in [4.78, 5) is 93.0. The number of ether oxygens (including phenoxy) is 2. The number of esters is 2. The minimum absolute atomic E-state index is 0.0297. The Morgan fingerprint density at radius 2 is 0.731 bits per heavy atom. The van der Waals surface area contributed by atoms with Gasteiger partial charge in [0.25, 0.3) is 0 Å². The van der Waals surface area contributed by atoms with Crippen molar-refractivity contribution in [3.8, 4) is 0 Å². The molecule has 1 fully saturated rings. The van der Waals surface area contributed by atoms with Crippen molar-refractivity contribution in [1.82, 2.24) is 0 Å². The summed E-state index contributed by atoms with van der Waals surface area (Å²) in [5.41, 5.74) is 0. The van der Waals surface area contributed by atoms with Gasteiger partial charge in [0.2, 0.25) is 0 Å². The van der Waals surface area contributed by atoms with E-state index in [1.54, 1.807) is 0 Å². The Morgan fingerprint density at radius 1 is 0.418 bits per heavy atom. The van der Waals surface area contributed by atoms with Crippen molar-refractivity contribution in [2.24, 2.45) is 0 Å². The van der Waals surface area contributed by atoms with Crippen molar-refractivity contribution >= 4 is 43.2 Å². The fourth-order valence-electron chi connectivity index (χ4n) is 7.67. The van der Waals surface area contributed by atoms with Crippen LogP contribution in [0.15, 0.2) is 0 Å². The predicted molar refractivity (Wildman–Crippen MR) is 245 cm³/mol. The summed E-state index contributed by atoms with van der Waals surface area (Å²) in [5.74, 6) is -1.42. The van der Waals surface area contributed by atoms with Crippen LogP contribution in [0.25, 0.3) is 0 Å². The lowest BCUT2D eigenvalue weighted by atomic mass is 9.85. The Balaban J connectivity index is 2.95. The molecule has 0 aromatic heterocycles. The second kappa shape index (κ2) is 35.4. The summed E-state index contributed by atoms with van der Waals surface area (Å²) >= 11 is 0. The van der Waals surface area contributed by atoms with Gasteiger partial charge in [0.05, 0.1) is 6.61 Å². The molecule has 9 N–H and O–H groups in total. The largest absolute Gasteiger partial charge is 0.472 e. The summed E-state index contributed by atoms with van der Waals surface area (Å²) in [6.07, 6.45) is 10.2. The molecule has 0 radical (unpaired) electrons. The van der Waals surface area contributed by atoms with Crippen molar-refractivity contribution in [3.05, 3.63) is 0 Å². The van der Waals surface area contributed by atoms with Gasteiger partial charge in [-0.05, 0) is 12.8 Å². The number of rotatable bonds is 42. The number of phosphoric acid groups is 4. The van der Waals surface area contributed by atoms with E-state index in [0.29, 0.717) is 12.8 Å². The van der Waals surface area contributed by atoms with E-state index >= 15 is 0 Å². The van der Waals surface area contributed by atoms with Crippen LogP contribution >= 0.6 is 31.3 Å². The van der Waals surface area contributed by atoms with Gasteiger partial charge in [0, 0.05) is 12.8 Å². The molecule has 1 saturated carbocycles. The molecular formula is C41H82O22P4. The quantitative estimate of drug-likeness (QED) is 0.0158. The van der Waals surface area contributed by atoms with E-state index in [9.17, 15) is 72.3 Å². The molecule has 26 heteroatoms. The molecule has 0 aliphatic heterocycles. The Hall–Kier alpha value is -0.700. The van der Waals surface area contributed by atoms with Crippen molar-refractivity contribution in [2.45, 2.75) is 236 Å². The first kappa shape index (κ1) is 64.3. The molecule has 398 valence electrons. The van der Waals surface area contributed by atoms with Gasteiger partial charge in [-0.25, -0.2) is 18.3 Å². The van der Waals surface area contributed by atoms with Gasteiger partial charge in [0.15, 0.2) is 6.10 Å². The monoisotopic (exact) mass is 1050 g/mol. The first-order chi connectivity index (χ1) is 31.5. The smallest absolute Gasteiger partial charge is 0.462 e. The maximum Gasteiger partial charge on any atom is 0.472 e. The minimum Gasteiger partial charge on any atom is -0.462 e. The summed E-state index contributed by atoms with van der Waals surface area (Å²) < 4.78 is 82.4. The number of carbonyl (C=O) groups is 2. The molecule has 0 saturated heterocycles. The van der Waals surface area contributed by atoms with Crippen LogP contribution in [-0.2, 0) is 59.9 Å². The third-order valence-corrected chi connectivity index (χ3v) is 13.7. The molecule has 67 heavy (non-hydrogen) atoms. The first-order valence-electron chi connectivity index (χ1n) is 24.1. The fraction of sp³-hybridized carbons (Fsp3) is 0.951. The number of aliphatic hydroxyl groups is 2. The lowest BCUT2D eigenvalue weighted by Crippen LogP contribution is -2.65. The van der Waals surface area contributed by atoms with Crippen LogP contribution in [0.4, 0.5) is 0 Å². The van der Waals surface area contributed by atoms with Gasteiger partial charge in [-0.3, -0.25) is 32.2 Å². The van der Waals surface area contributed by atoms with Crippen LogP contribution in [0.1, 0.15) is 194 Å². The minimum atomic E-state index is -5.82. The zero-order chi connectivity index (χ0) is 50.4. The lowest BCUT2D eigenvalue weighted by Gasteiger charge is -2.45. The van der Waals surface area contributed by atoms with Crippen LogP contribution in [-0.4, -0.2) is 112 Å². The normalized spacial score (nSPS) is 21.8. The van der Waals surface area contributed by atoms with Gasteiger partial charge in [-0.1, -0.05) is 168 Å². The molecule has 0 aromatic carbocycles. The topological polar surface area (TPSA) is 349 Å². The van der Waals surface area contributed by atoms with E-state index in [0.717, 1.165) is 64.2 Å². The van der Waals surface area contributed by atoms with Crippen LogP contribution in [0.3, 0.4) is 0 Å². The highest BCUT2D eigenvalue weighted by atomic mass is 31.2.